The Morgan fingerprint density at radius 1 is 1.50 bits per heavy atom. The van der Waals surface area contributed by atoms with Crippen LogP contribution in [0.1, 0.15) is 33.6 Å². The molecular formula is C10H19NO3. The first-order valence-electron chi connectivity index (χ1n) is 4.96. The number of aliphatic carboxylic acids is 1. The van der Waals surface area contributed by atoms with Gasteiger partial charge in [-0.15, -0.1) is 0 Å². The van der Waals surface area contributed by atoms with Crippen molar-refractivity contribution in [1.29, 1.82) is 0 Å². The normalized spacial score (nSPS) is 34.1. The minimum absolute atomic E-state index is 0.284. The molecule has 0 aliphatic carbocycles. The Morgan fingerprint density at radius 3 is 2.36 bits per heavy atom. The van der Waals surface area contributed by atoms with Gasteiger partial charge in [-0.2, -0.15) is 0 Å². The van der Waals surface area contributed by atoms with Crippen LogP contribution in [0.3, 0.4) is 0 Å². The Morgan fingerprint density at radius 2 is 2.07 bits per heavy atom. The molecule has 82 valence electrons. The van der Waals surface area contributed by atoms with Crippen LogP contribution in [0.4, 0.5) is 0 Å². The molecule has 2 unspecified atom stereocenters. The first-order valence-corrected chi connectivity index (χ1v) is 4.96. The molecule has 1 fully saturated rings. The summed E-state index contributed by atoms with van der Waals surface area (Å²) in [6, 6.07) is 0. The summed E-state index contributed by atoms with van der Waals surface area (Å²) in [5, 5.41) is 21.9. The first kappa shape index (κ1) is 11.5. The molecule has 0 aromatic rings. The van der Waals surface area contributed by atoms with Gasteiger partial charge < -0.3 is 15.5 Å². The lowest BCUT2D eigenvalue weighted by Gasteiger charge is -2.46. The molecule has 0 aromatic heterocycles. The van der Waals surface area contributed by atoms with Gasteiger partial charge in [0.1, 0.15) is 5.54 Å². The molecule has 4 nitrogen and oxygen atoms in total. The highest BCUT2D eigenvalue weighted by atomic mass is 16.4. The fourth-order valence-corrected chi connectivity index (χ4v) is 2.03. The van der Waals surface area contributed by atoms with Crippen molar-refractivity contribution in [1.82, 2.24) is 5.32 Å². The fourth-order valence-electron chi connectivity index (χ4n) is 2.03. The molecule has 1 saturated heterocycles. The molecule has 1 aliphatic rings. The molecule has 1 rings (SSSR count). The van der Waals surface area contributed by atoms with E-state index in [2.05, 4.69) is 5.32 Å². The Bertz CT molecular complexity index is 234. The summed E-state index contributed by atoms with van der Waals surface area (Å²) in [7, 11) is 0. The maximum atomic E-state index is 11.3. The third-order valence-corrected chi connectivity index (χ3v) is 3.09. The van der Waals surface area contributed by atoms with Crippen molar-refractivity contribution >= 4 is 5.97 Å². The van der Waals surface area contributed by atoms with E-state index in [0.29, 0.717) is 13.0 Å². The molecule has 4 heteroatoms. The lowest BCUT2D eigenvalue weighted by molar-refractivity contribution is -0.154. The van der Waals surface area contributed by atoms with Crippen molar-refractivity contribution in [3.63, 3.8) is 0 Å². The monoisotopic (exact) mass is 201 g/mol. The summed E-state index contributed by atoms with van der Waals surface area (Å²) in [4.78, 5) is 11.3. The van der Waals surface area contributed by atoms with Crippen LogP contribution >= 0.6 is 0 Å². The number of piperidine rings is 1. The molecule has 1 heterocycles. The van der Waals surface area contributed by atoms with Gasteiger partial charge in [-0.25, -0.2) is 0 Å². The van der Waals surface area contributed by atoms with Crippen molar-refractivity contribution < 1.29 is 15.0 Å². The number of nitrogens with one attached hydrogen (secondary N) is 1. The van der Waals surface area contributed by atoms with E-state index < -0.39 is 23.0 Å². The number of rotatable bonds is 1. The van der Waals surface area contributed by atoms with Crippen molar-refractivity contribution in [2.75, 3.05) is 6.54 Å². The second-order valence-electron chi connectivity index (χ2n) is 5.03. The molecule has 0 amide bonds. The van der Waals surface area contributed by atoms with Gasteiger partial charge in [0.05, 0.1) is 6.10 Å². The molecule has 0 bridgehead atoms. The van der Waals surface area contributed by atoms with Gasteiger partial charge in [-0.1, -0.05) is 20.8 Å². The molecule has 14 heavy (non-hydrogen) atoms. The van der Waals surface area contributed by atoms with E-state index in [4.69, 9.17) is 0 Å². The molecule has 1 aliphatic heterocycles. The maximum Gasteiger partial charge on any atom is 0.324 e. The first-order chi connectivity index (χ1) is 6.29. The Hall–Kier alpha value is -0.610. The fraction of sp³-hybridized carbons (Fsp3) is 0.900. The Balaban J connectivity index is 2.98. The van der Waals surface area contributed by atoms with Gasteiger partial charge in [0, 0.05) is 6.42 Å². The van der Waals surface area contributed by atoms with Gasteiger partial charge in [0.25, 0.3) is 0 Å². The predicted molar refractivity (Wildman–Crippen MR) is 53.1 cm³/mol. The number of hydrogen-bond donors (Lipinski definition) is 3. The lowest BCUT2D eigenvalue weighted by atomic mass is 9.68. The molecule has 0 saturated carbocycles. The van der Waals surface area contributed by atoms with Crippen LogP contribution < -0.4 is 5.32 Å². The Labute approximate surface area is 84.3 Å². The van der Waals surface area contributed by atoms with Crippen molar-refractivity contribution in [3.05, 3.63) is 0 Å². The lowest BCUT2D eigenvalue weighted by Crippen LogP contribution is -2.64. The second kappa shape index (κ2) is 3.51. The van der Waals surface area contributed by atoms with Crippen LogP contribution in [0.2, 0.25) is 0 Å². The van der Waals surface area contributed by atoms with Crippen LogP contribution in [0.5, 0.6) is 0 Å². The highest BCUT2D eigenvalue weighted by Gasteiger charge is 2.51. The van der Waals surface area contributed by atoms with Crippen LogP contribution in [0.15, 0.2) is 0 Å². The van der Waals surface area contributed by atoms with Crippen LogP contribution in [0.25, 0.3) is 0 Å². The van der Waals surface area contributed by atoms with E-state index in [9.17, 15) is 15.0 Å². The summed E-state index contributed by atoms with van der Waals surface area (Å²) < 4.78 is 0. The maximum absolute atomic E-state index is 11.3. The summed E-state index contributed by atoms with van der Waals surface area (Å²) in [5.74, 6) is -0.872. The second-order valence-corrected chi connectivity index (χ2v) is 5.03. The summed E-state index contributed by atoms with van der Waals surface area (Å²) in [5.41, 5.74) is -1.40. The van der Waals surface area contributed by atoms with Crippen LogP contribution in [-0.4, -0.2) is 34.4 Å². The molecule has 0 radical (unpaired) electrons. The number of carboxylic acid groups (broad SMARTS) is 1. The van der Waals surface area contributed by atoms with Crippen molar-refractivity contribution in [2.24, 2.45) is 5.41 Å². The smallest absolute Gasteiger partial charge is 0.324 e. The van der Waals surface area contributed by atoms with E-state index >= 15 is 0 Å². The summed E-state index contributed by atoms with van der Waals surface area (Å²) >= 11 is 0. The van der Waals surface area contributed by atoms with E-state index in [1.807, 2.05) is 20.8 Å². The minimum atomic E-state index is -0.995. The van der Waals surface area contributed by atoms with Gasteiger partial charge in [-0.05, 0) is 18.4 Å². The summed E-state index contributed by atoms with van der Waals surface area (Å²) in [6.45, 7) is 6.20. The van der Waals surface area contributed by atoms with Gasteiger partial charge in [-0.3, -0.25) is 4.79 Å². The van der Waals surface area contributed by atoms with Gasteiger partial charge in [0.15, 0.2) is 0 Å². The zero-order valence-corrected chi connectivity index (χ0v) is 9.00. The average Bonchev–Trinajstić information content (AvgIpc) is 2.01. The number of aliphatic hydroxyl groups excluding tert-OH is 1. The minimum Gasteiger partial charge on any atom is -0.480 e. The zero-order chi connectivity index (χ0) is 11.0. The summed E-state index contributed by atoms with van der Waals surface area (Å²) in [6.07, 6.45) is 0.406. The highest BCUT2D eigenvalue weighted by Crippen LogP contribution is 2.37. The van der Waals surface area contributed by atoms with E-state index in [1.165, 1.54) is 0 Å². The number of aliphatic hydroxyl groups is 1. The third-order valence-electron chi connectivity index (χ3n) is 3.09. The topological polar surface area (TPSA) is 69.6 Å². The number of hydrogen-bond acceptors (Lipinski definition) is 3. The van der Waals surface area contributed by atoms with Crippen molar-refractivity contribution in [3.8, 4) is 0 Å². The number of carbonyl (C=O) groups is 1. The van der Waals surface area contributed by atoms with Crippen molar-refractivity contribution in [2.45, 2.75) is 45.3 Å². The molecule has 3 N–H and O–H groups in total. The quantitative estimate of drug-likeness (QED) is 0.581. The standard InChI is InChI=1S/C10H19NO3/c1-9(2,3)10(8(13)14)6-7(12)4-5-11-10/h7,11-12H,4-6H2,1-3H3,(H,13,14). The Kier molecular flexibility index (Phi) is 2.88. The molecular weight excluding hydrogens is 182 g/mol. The van der Waals surface area contributed by atoms with E-state index in [0.717, 1.165) is 0 Å². The molecule has 2 atom stereocenters. The number of carboxylic acids is 1. The third kappa shape index (κ3) is 1.77. The van der Waals surface area contributed by atoms with Crippen LogP contribution in [0, 0.1) is 5.41 Å². The van der Waals surface area contributed by atoms with E-state index in [1.54, 1.807) is 0 Å². The van der Waals surface area contributed by atoms with Gasteiger partial charge in [0.2, 0.25) is 0 Å². The van der Waals surface area contributed by atoms with E-state index in [-0.39, 0.29) is 6.42 Å². The van der Waals surface area contributed by atoms with Crippen LogP contribution in [-0.2, 0) is 4.79 Å². The molecule has 0 spiro atoms. The molecule has 0 aromatic carbocycles. The largest absolute Gasteiger partial charge is 0.480 e. The predicted octanol–water partition coefficient (Wildman–Crippen LogP) is 0.600. The average molecular weight is 201 g/mol. The SMILES string of the molecule is CC(C)(C)C1(C(=O)O)CC(O)CCN1. The van der Waals surface area contributed by atoms with Gasteiger partial charge >= 0.3 is 5.97 Å². The highest BCUT2D eigenvalue weighted by molar-refractivity contribution is 5.80. The zero-order valence-electron chi connectivity index (χ0n) is 9.00.